The number of nitrogens with zero attached hydrogens (tertiary/aromatic N) is 1. The van der Waals surface area contributed by atoms with Crippen LogP contribution in [0.1, 0.15) is 26.6 Å². The maximum Gasteiger partial charge on any atom is 0.340 e. The number of carbonyl (C=O) groups is 2. The molecule has 2 rings (SSSR count). The molecule has 2 aromatic rings. The van der Waals surface area contributed by atoms with E-state index in [0.717, 1.165) is 6.07 Å². The quantitative estimate of drug-likeness (QED) is 0.885. The van der Waals surface area contributed by atoms with E-state index < -0.39 is 23.3 Å². The molecule has 0 radical (unpaired) electrons. The van der Waals surface area contributed by atoms with E-state index >= 15 is 0 Å². The predicted octanol–water partition coefficient (Wildman–Crippen LogP) is 2.07. The Labute approximate surface area is 106 Å². The number of hydrogen-bond acceptors (Lipinski definition) is 4. The van der Waals surface area contributed by atoms with Gasteiger partial charge in [0.1, 0.15) is 11.4 Å². The summed E-state index contributed by atoms with van der Waals surface area (Å²) in [6.07, 6.45) is 0. The summed E-state index contributed by atoms with van der Waals surface area (Å²) in [5.74, 6) is -3.19. The van der Waals surface area contributed by atoms with E-state index in [4.69, 9.17) is 9.63 Å². The molecule has 1 amide bonds. The molecule has 0 aliphatic heterocycles. The topological polar surface area (TPSA) is 92.4 Å². The molecular formula is C12H9FN2O4. The van der Waals surface area contributed by atoms with Gasteiger partial charge >= 0.3 is 5.97 Å². The van der Waals surface area contributed by atoms with Crippen LogP contribution in [0.25, 0.3) is 0 Å². The fourth-order valence-corrected chi connectivity index (χ4v) is 1.50. The van der Waals surface area contributed by atoms with Gasteiger partial charge in [-0.25, -0.2) is 9.18 Å². The Bertz CT molecular complexity index is 651. The first-order valence-electron chi connectivity index (χ1n) is 5.25. The molecule has 7 heteroatoms. The minimum atomic E-state index is -1.47. The van der Waals surface area contributed by atoms with Crippen molar-refractivity contribution < 1.29 is 23.6 Å². The number of carboxylic acid groups (broad SMARTS) is 1. The van der Waals surface area contributed by atoms with Crippen molar-refractivity contribution in [2.45, 2.75) is 6.92 Å². The van der Waals surface area contributed by atoms with Crippen LogP contribution in [-0.4, -0.2) is 22.1 Å². The Kier molecular flexibility index (Phi) is 3.28. The molecule has 2 N–H and O–H groups in total. The third-order valence-corrected chi connectivity index (χ3v) is 2.33. The van der Waals surface area contributed by atoms with Gasteiger partial charge in [0.2, 0.25) is 5.76 Å². The molecule has 0 aliphatic rings. The van der Waals surface area contributed by atoms with Gasteiger partial charge < -0.3 is 14.9 Å². The monoisotopic (exact) mass is 264 g/mol. The van der Waals surface area contributed by atoms with Crippen molar-refractivity contribution in [3.8, 4) is 0 Å². The van der Waals surface area contributed by atoms with Gasteiger partial charge in [-0.05, 0) is 19.1 Å². The maximum atomic E-state index is 13.4. The summed E-state index contributed by atoms with van der Waals surface area (Å²) in [6.45, 7) is 1.63. The molecule has 0 atom stereocenters. The van der Waals surface area contributed by atoms with Crippen molar-refractivity contribution in [1.29, 1.82) is 0 Å². The summed E-state index contributed by atoms with van der Waals surface area (Å²) in [6, 6.07) is 4.96. The Balaban J connectivity index is 2.31. The van der Waals surface area contributed by atoms with Crippen LogP contribution in [0.2, 0.25) is 0 Å². The van der Waals surface area contributed by atoms with Gasteiger partial charge in [-0.2, -0.15) is 0 Å². The van der Waals surface area contributed by atoms with Crippen molar-refractivity contribution in [2.75, 3.05) is 5.32 Å². The van der Waals surface area contributed by atoms with Crippen LogP contribution >= 0.6 is 0 Å². The van der Waals surface area contributed by atoms with Gasteiger partial charge in [0.05, 0.1) is 11.4 Å². The van der Waals surface area contributed by atoms with Crippen molar-refractivity contribution in [3.63, 3.8) is 0 Å². The molecule has 19 heavy (non-hydrogen) atoms. The fraction of sp³-hybridized carbons (Fsp3) is 0.0833. The minimum Gasteiger partial charge on any atom is -0.478 e. The number of nitrogens with one attached hydrogen (secondary N) is 1. The first-order chi connectivity index (χ1) is 8.99. The summed E-state index contributed by atoms with van der Waals surface area (Å²) in [4.78, 5) is 22.7. The molecule has 0 saturated heterocycles. The molecule has 0 spiro atoms. The van der Waals surface area contributed by atoms with Crippen LogP contribution in [0.4, 0.5) is 10.1 Å². The van der Waals surface area contributed by atoms with Crippen LogP contribution in [0, 0.1) is 12.7 Å². The van der Waals surface area contributed by atoms with E-state index in [2.05, 4.69) is 10.5 Å². The molecular weight excluding hydrogens is 255 g/mol. The number of rotatable bonds is 3. The Morgan fingerprint density at radius 3 is 2.74 bits per heavy atom. The van der Waals surface area contributed by atoms with Crippen LogP contribution in [0.5, 0.6) is 0 Å². The summed E-state index contributed by atoms with van der Waals surface area (Å²) in [5, 5.41) is 14.7. The Morgan fingerprint density at radius 2 is 2.16 bits per heavy atom. The molecule has 0 aliphatic carbocycles. The van der Waals surface area contributed by atoms with Crippen LogP contribution in [-0.2, 0) is 0 Å². The first kappa shape index (κ1) is 12.7. The zero-order chi connectivity index (χ0) is 14.0. The highest BCUT2D eigenvalue weighted by molar-refractivity contribution is 6.06. The Hall–Kier alpha value is -2.70. The molecule has 1 aromatic carbocycles. The number of benzene rings is 1. The largest absolute Gasteiger partial charge is 0.478 e. The lowest BCUT2D eigenvalue weighted by atomic mass is 10.1. The van der Waals surface area contributed by atoms with Crippen molar-refractivity contribution in [1.82, 2.24) is 5.16 Å². The molecule has 0 saturated carbocycles. The van der Waals surface area contributed by atoms with E-state index in [9.17, 15) is 14.0 Å². The molecule has 1 aromatic heterocycles. The SMILES string of the molecule is Cc1cc(C(=O)Nc2cccc(F)c2C(=O)O)on1. The number of amides is 1. The van der Waals surface area contributed by atoms with Gasteiger partial charge in [-0.1, -0.05) is 11.2 Å². The molecule has 0 unspecified atom stereocenters. The van der Waals surface area contributed by atoms with Gasteiger partial charge in [-0.3, -0.25) is 4.79 Å². The zero-order valence-corrected chi connectivity index (χ0v) is 9.81. The number of aromatic nitrogens is 1. The van der Waals surface area contributed by atoms with Gasteiger partial charge in [0.25, 0.3) is 5.91 Å². The molecule has 0 bridgehead atoms. The number of hydrogen-bond donors (Lipinski definition) is 2. The average Bonchev–Trinajstić information content (AvgIpc) is 2.75. The normalized spacial score (nSPS) is 10.2. The highest BCUT2D eigenvalue weighted by Gasteiger charge is 2.19. The standard InChI is InChI=1S/C12H9FN2O4/c1-6-5-9(19-15-6)11(16)14-8-4-2-3-7(13)10(8)12(17)18/h2-5H,1H3,(H,14,16)(H,17,18). The van der Waals surface area contributed by atoms with Gasteiger partial charge in [0, 0.05) is 6.07 Å². The van der Waals surface area contributed by atoms with E-state index in [1.165, 1.54) is 18.2 Å². The summed E-state index contributed by atoms with van der Waals surface area (Å²) in [7, 11) is 0. The fourth-order valence-electron chi connectivity index (χ4n) is 1.50. The molecule has 6 nitrogen and oxygen atoms in total. The second-order valence-electron chi connectivity index (χ2n) is 3.75. The highest BCUT2D eigenvalue weighted by atomic mass is 19.1. The zero-order valence-electron chi connectivity index (χ0n) is 9.81. The Morgan fingerprint density at radius 1 is 1.42 bits per heavy atom. The minimum absolute atomic E-state index is 0.0851. The van der Waals surface area contributed by atoms with Crippen LogP contribution in [0.15, 0.2) is 28.8 Å². The van der Waals surface area contributed by atoms with Gasteiger partial charge in [0.15, 0.2) is 0 Å². The summed E-state index contributed by atoms with van der Waals surface area (Å²) >= 11 is 0. The van der Waals surface area contributed by atoms with E-state index in [1.54, 1.807) is 6.92 Å². The number of anilines is 1. The second kappa shape index (κ2) is 4.89. The molecule has 1 heterocycles. The van der Waals surface area contributed by atoms with E-state index in [0.29, 0.717) is 5.69 Å². The number of carboxylic acids is 1. The van der Waals surface area contributed by atoms with E-state index in [-0.39, 0.29) is 11.4 Å². The van der Waals surface area contributed by atoms with Crippen molar-refractivity contribution in [3.05, 3.63) is 47.1 Å². The maximum absolute atomic E-state index is 13.4. The highest BCUT2D eigenvalue weighted by Crippen LogP contribution is 2.20. The lowest BCUT2D eigenvalue weighted by Crippen LogP contribution is -2.15. The average molecular weight is 264 g/mol. The number of carbonyl (C=O) groups excluding carboxylic acids is 1. The second-order valence-corrected chi connectivity index (χ2v) is 3.75. The summed E-state index contributed by atoms with van der Waals surface area (Å²) < 4.78 is 18.1. The van der Waals surface area contributed by atoms with Crippen molar-refractivity contribution in [2.24, 2.45) is 0 Å². The molecule has 0 fully saturated rings. The number of aryl methyl sites for hydroxylation is 1. The first-order valence-corrected chi connectivity index (χ1v) is 5.25. The smallest absolute Gasteiger partial charge is 0.340 e. The number of aromatic carboxylic acids is 1. The third kappa shape index (κ3) is 2.59. The predicted molar refractivity (Wildman–Crippen MR) is 62.6 cm³/mol. The molecule has 98 valence electrons. The van der Waals surface area contributed by atoms with Crippen LogP contribution in [0.3, 0.4) is 0 Å². The van der Waals surface area contributed by atoms with Crippen molar-refractivity contribution >= 4 is 17.6 Å². The summed E-state index contributed by atoms with van der Waals surface area (Å²) in [5.41, 5.74) is -0.249. The number of halogens is 1. The van der Waals surface area contributed by atoms with Crippen LogP contribution < -0.4 is 5.32 Å². The third-order valence-electron chi connectivity index (χ3n) is 2.33. The lowest BCUT2D eigenvalue weighted by molar-refractivity contribution is 0.0693. The van der Waals surface area contributed by atoms with E-state index in [1.807, 2.05) is 0 Å². The van der Waals surface area contributed by atoms with Gasteiger partial charge in [-0.15, -0.1) is 0 Å². The lowest BCUT2D eigenvalue weighted by Gasteiger charge is -2.07.